The van der Waals surface area contributed by atoms with Gasteiger partial charge in [-0.3, -0.25) is 4.79 Å². The lowest BCUT2D eigenvalue weighted by Crippen LogP contribution is -1.99. The van der Waals surface area contributed by atoms with Crippen molar-refractivity contribution in [2.45, 2.75) is 6.92 Å². The third-order valence-electron chi connectivity index (χ3n) is 1.70. The number of hydrogen-bond donors (Lipinski definition) is 0. The number of aldehydes is 1. The summed E-state index contributed by atoms with van der Waals surface area (Å²) in [7, 11) is 1.18. The van der Waals surface area contributed by atoms with Crippen LogP contribution < -0.4 is 4.74 Å². The van der Waals surface area contributed by atoms with Crippen molar-refractivity contribution < 1.29 is 18.3 Å². The molecule has 70 valence electrons. The quantitative estimate of drug-likeness (QED) is 0.661. The maximum atomic E-state index is 13.1. The lowest BCUT2D eigenvalue weighted by Gasteiger charge is -2.07. The molecule has 1 aromatic rings. The summed E-state index contributed by atoms with van der Waals surface area (Å²) in [5.74, 6) is -2.45. The van der Waals surface area contributed by atoms with E-state index in [9.17, 15) is 13.6 Å². The molecule has 0 amide bonds. The first kappa shape index (κ1) is 9.64. The average Bonchev–Trinajstić information content (AvgIpc) is 2.13. The molecule has 13 heavy (non-hydrogen) atoms. The molecular formula is C9H8F2O2. The molecule has 0 saturated carbocycles. The maximum absolute atomic E-state index is 13.1. The minimum Gasteiger partial charge on any atom is -0.493 e. The fraction of sp³-hybridized carbons (Fsp3) is 0.222. The van der Waals surface area contributed by atoms with E-state index in [1.807, 2.05) is 0 Å². The number of methoxy groups -OCH3 is 1. The average molecular weight is 186 g/mol. The zero-order chi connectivity index (χ0) is 10.0. The maximum Gasteiger partial charge on any atom is 0.201 e. The van der Waals surface area contributed by atoms with Gasteiger partial charge in [0.15, 0.2) is 17.9 Å². The normalized spacial score (nSPS) is 9.85. The van der Waals surface area contributed by atoms with Crippen molar-refractivity contribution in [3.05, 3.63) is 28.8 Å². The highest BCUT2D eigenvalue weighted by atomic mass is 19.2. The molecule has 0 bridgehead atoms. The largest absolute Gasteiger partial charge is 0.493 e. The molecule has 0 atom stereocenters. The summed E-state index contributed by atoms with van der Waals surface area (Å²) in [6, 6.07) is 1.24. The minimum absolute atomic E-state index is 0.0129. The number of hydrogen-bond acceptors (Lipinski definition) is 2. The van der Waals surface area contributed by atoms with Gasteiger partial charge in [-0.15, -0.1) is 0 Å². The third-order valence-corrected chi connectivity index (χ3v) is 1.70. The van der Waals surface area contributed by atoms with Crippen LogP contribution in [0.3, 0.4) is 0 Å². The zero-order valence-electron chi connectivity index (χ0n) is 7.23. The molecule has 0 heterocycles. The summed E-state index contributed by atoms with van der Waals surface area (Å²) >= 11 is 0. The molecule has 0 aliphatic carbocycles. The summed E-state index contributed by atoms with van der Waals surface area (Å²) in [4.78, 5) is 10.4. The molecule has 4 heteroatoms. The molecule has 0 fully saturated rings. The van der Waals surface area contributed by atoms with Gasteiger partial charge in [0.2, 0.25) is 5.82 Å². The zero-order valence-corrected chi connectivity index (χ0v) is 7.23. The smallest absolute Gasteiger partial charge is 0.201 e. The Morgan fingerprint density at radius 1 is 1.38 bits per heavy atom. The number of aryl methyl sites for hydroxylation is 1. The second-order valence-electron chi connectivity index (χ2n) is 2.56. The van der Waals surface area contributed by atoms with E-state index >= 15 is 0 Å². The highest BCUT2D eigenvalue weighted by Crippen LogP contribution is 2.25. The lowest BCUT2D eigenvalue weighted by molar-refractivity contribution is 0.111. The number of carbonyl (C=O) groups excluding carboxylic acids is 1. The number of rotatable bonds is 2. The first-order valence-electron chi connectivity index (χ1n) is 3.59. The fourth-order valence-corrected chi connectivity index (χ4v) is 1.06. The first-order chi connectivity index (χ1) is 6.11. The number of ether oxygens (including phenoxy) is 1. The minimum atomic E-state index is -1.12. The molecule has 1 aromatic carbocycles. The van der Waals surface area contributed by atoms with Gasteiger partial charge < -0.3 is 4.74 Å². The second kappa shape index (κ2) is 3.51. The van der Waals surface area contributed by atoms with Crippen molar-refractivity contribution in [1.29, 1.82) is 0 Å². The van der Waals surface area contributed by atoms with E-state index in [0.29, 0.717) is 6.29 Å². The van der Waals surface area contributed by atoms with Gasteiger partial charge in [0, 0.05) is 0 Å². The Kier molecular flexibility index (Phi) is 2.60. The number of benzene rings is 1. The van der Waals surface area contributed by atoms with Crippen LogP contribution in [-0.4, -0.2) is 13.4 Å². The molecule has 0 aromatic heterocycles. The van der Waals surface area contributed by atoms with Crippen LogP contribution in [0.15, 0.2) is 6.07 Å². The van der Waals surface area contributed by atoms with E-state index in [1.54, 1.807) is 0 Å². The van der Waals surface area contributed by atoms with E-state index in [2.05, 4.69) is 4.74 Å². The Hall–Kier alpha value is -1.45. The number of carbonyl (C=O) groups is 1. The van der Waals surface area contributed by atoms with Crippen LogP contribution in [0.2, 0.25) is 0 Å². The topological polar surface area (TPSA) is 26.3 Å². The van der Waals surface area contributed by atoms with E-state index in [1.165, 1.54) is 20.1 Å². The fourth-order valence-electron chi connectivity index (χ4n) is 1.06. The highest BCUT2D eigenvalue weighted by Gasteiger charge is 2.16. The molecule has 0 saturated heterocycles. The Balaban J connectivity index is 3.47. The van der Waals surface area contributed by atoms with E-state index < -0.39 is 11.6 Å². The van der Waals surface area contributed by atoms with Gasteiger partial charge in [0.1, 0.15) is 0 Å². The molecule has 1 rings (SSSR count). The molecule has 2 nitrogen and oxygen atoms in total. The SMILES string of the molecule is COc1c(C=O)cc(C)c(F)c1F. The molecule has 0 spiro atoms. The van der Waals surface area contributed by atoms with Crippen molar-refractivity contribution in [3.63, 3.8) is 0 Å². The van der Waals surface area contributed by atoms with Crippen molar-refractivity contribution in [1.82, 2.24) is 0 Å². The van der Waals surface area contributed by atoms with Crippen LogP contribution in [0.1, 0.15) is 15.9 Å². The van der Waals surface area contributed by atoms with Crippen LogP contribution >= 0.6 is 0 Å². The Morgan fingerprint density at radius 2 is 2.00 bits per heavy atom. The van der Waals surface area contributed by atoms with Crippen molar-refractivity contribution in [2.75, 3.05) is 7.11 Å². The van der Waals surface area contributed by atoms with Crippen LogP contribution in [0.5, 0.6) is 5.75 Å². The van der Waals surface area contributed by atoms with E-state index in [4.69, 9.17) is 0 Å². The van der Waals surface area contributed by atoms with Crippen molar-refractivity contribution in [2.24, 2.45) is 0 Å². The van der Waals surface area contributed by atoms with E-state index in [-0.39, 0.29) is 16.9 Å². The van der Waals surface area contributed by atoms with Crippen molar-refractivity contribution >= 4 is 6.29 Å². The molecule has 0 aliphatic rings. The monoisotopic (exact) mass is 186 g/mol. The predicted octanol–water partition coefficient (Wildman–Crippen LogP) is 2.09. The van der Waals surface area contributed by atoms with Gasteiger partial charge in [-0.05, 0) is 18.6 Å². The van der Waals surface area contributed by atoms with Gasteiger partial charge in [0.05, 0.1) is 12.7 Å². The standard InChI is InChI=1S/C9H8F2O2/c1-5-3-6(4-12)9(13-2)8(11)7(5)10/h3-4H,1-2H3. The number of halogens is 2. The Labute approximate surface area is 74.1 Å². The molecule has 0 N–H and O–H groups in total. The summed E-state index contributed by atoms with van der Waals surface area (Å²) in [6.07, 6.45) is 0.425. The van der Waals surface area contributed by atoms with Gasteiger partial charge in [-0.1, -0.05) is 0 Å². The Bertz CT molecular complexity index is 348. The van der Waals surface area contributed by atoms with Gasteiger partial charge in [-0.25, -0.2) is 4.39 Å². The van der Waals surface area contributed by atoms with Gasteiger partial charge in [-0.2, -0.15) is 4.39 Å². The summed E-state index contributed by atoms with van der Waals surface area (Å²) in [6.45, 7) is 1.38. The molecular weight excluding hydrogens is 178 g/mol. The van der Waals surface area contributed by atoms with Crippen LogP contribution in [0.4, 0.5) is 8.78 Å². The molecule has 0 unspecified atom stereocenters. The lowest BCUT2D eigenvalue weighted by atomic mass is 10.1. The van der Waals surface area contributed by atoms with Gasteiger partial charge in [0.25, 0.3) is 0 Å². The Morgan fingerprint density at radius 3 is 2.46 bits per heavy atom. The van der Waals surface area contributed by atoms with Crippen LogP contribution in [0, 0.1) is 18.6 Å². The summed E-state index contributed by atoms with van der Waals surface area (Å²) < 4.78 is 30.5. The van der Waals surface area contributed by atoms with Gasteiger partial charge >= 0.3 is 0 Å². The first-order valence-corrected chi connectivity index (χ1v) is 3.59. The molecule has 0 radical (unpaired) electrons. The van der Waals surface area contributed by atoms with Crippen LogP contribution in [-0.2, 0) is 0 Å². The predicted molar refractivity (Wildman–Crippen MR) is 43.0 cm³/mol. The van der Waals surface area contributed by atoms with Crippen molar-refractivity contribution in [3.8, 4) is 5.75 Å². The highest BCUT2D eigenvalue weighted by molar-refractivity contribution is 5.79. The molecule has 0 aliphatic heterocycles. The van der Waals surface area contributed by atoms with Crippen LogP contribution in [0.25, 0.3) is 0 Å². The van der Waals surface area contributed by atoms with E-state index in [0.717, 1.165) is 0 Å². The third kappa shape index (κ3) is 1.52. The summed E-state index contributed by atoms with van der Waals surface area (Å²) in [5.41, 5.74) is 0.0966. The second-order valence-corrected chi connectivity index (χ2v) is 2.56. The summed E-state index contributed by atoms with van der Waals surface area (Å²) in [5, 5.41) is 0.